The average molecular weight is 323 g/mol. The molecule has 4 heteroatoms. The van der Waals surface area contributed by atoms with E-state index < -0.39 is 0 Å². The number of ether oxygens (including phenoxy) is 1. The van der Waals surface area contributed by atoms with E-state index in [1.54, 1.807) is 18.1 Å². The van der Waals surface area contributed by atoms with Crippen molar-refractivity contribution >= 4 is 11.7 Å². The molecule has 0 N–H and O–H groups in total. The second kappa shape index (κ2) is 7.30. The molecule has 124 valence electrons. The van der Waals surface area contributed by atoms with E-state index in [1.807, 2.05) is 48.5 Å². The van der Waals surface area contributed by atoms with Gasteiger partial charge >= 0.3 is 0 Å². The van der Waals surface area contributed by atoms with Gasteiger partial charge in [-0.15, -0.1) is 0 Å². The first-order chi connectivity index (χ1) is 11.7. The first-order valence-corrected chi connectivity index (χ1v) is 8.21. The summed E-state index contributed by atoms with van der Waals surface area (Å²) >= 11 is 0. The standard InChI is InChI=1S/C20H21NO3/c1-24-18-11-5-9-16(13-18)19(22)17-10-6-12-21(14-17)20(23)15-7-3-2-4-8-15/h2-5,7-9,11,13,17H,6,10,12,14H2,1H3. The summed E-state index contributed by atoms with van der Waals surface area (Å²) in [6.07, 6.45) is 1.66. The van der Waals surface area contributed by atoms with Gasteiger partial charge in [-0.25, -0.2) is 0 Å². The van der Waals surface area contributed by atoms with Gasteiger partial charge in [0, 0.05) is 30.1 Å². The minimum atomic E-state index is -0.154. The summed E-state index contributed by atoms with van der Waals surface area (Å²) in [5.41, 5.74) is 1.32. The number of hydrogen-bond donors (Lipinski definition) is 0. The number of rotatable bonds is 4. The minimum Gasteiger partial charge on any atom is -0.497 e. The Bertz CT molecular complexity index is 727. The molecule has 0 saturated carbocycles. The van der Waals surface area contributed by atoms with Gasteiger partial charge in [0.1, 0.15) is 5.75 Å². The Balaban J connectivity index is 1.73. The molecule has 1 unspecified atom stereocenters. The molecule has 3 rings (SSSR count). The quantitative estimate of drug-likeness (QED) is 0.810. The zero-order chi connectivity index (χ0) is 16.9. The number of carbonyl (C=O) groups is 2. The molecule has 1 atom stereocenters. The summed E-state index contributed by atoms with van der Waals surface area (Å²) in [6.45, 7) is 1.18. The van der Waals surface area contributed by atoms with Gasteiger partial charge in [0.25, 0.3) is 5.91 Å². The summed E-state index contributed by atoms with van der Waals surface area (Å²) < 4.78 is 5.19. The lowest BCUT2D eigenvalue weighted by Gasteiger charge is -2.32. The molecule has 1 heterocycles. The van der Waals surface area contributed by atoms with Gasteiger partial charge in [-0.05, 0) is 37.1 Å². The second-order valence-corrected chi connectivity index (χ2v) is 6.05. The Morgan fingerprint density at radius 2 is 1.79 bits per heavy atom. The van der Waals surface area contributed by atoms with E-state index in [-0.39, 0.29) is 17.6 Å². The predicted molar refractivity (Wildman–Crippen MR) is 92.4 cm³/mol. The van der Waals surface area contributed by atoms with Crippen LogP contribution in [0.25, 0.3) is 0 Å². The van der Waals surface area contributed by atoms with E-state index in [9.17, 15) is 9.59 Å². The van der Waals surface area contributed by atoms with Crippen LogP contribution in [-0.4, -0.2) is 36.8 Å². The molecular formula is C20H21NO3. The summed E-state index contributed by atoms with van der Waals surface area (Å²) in [5, 5.41) is 0. The van der Waals surface area contributed by atoms with Crippen molar-refractivity contribution < 1.29 is 14.3 Å². The van der Waals surface area contributed by atoms with E-state index in [2.05, 4.69) is 0 Å². The predicted octanol–water partition coefficient (Wildman–Crippen LogP) is 3.43. The highest BCUT2D eigenvalue weighted by Gasteiger charge is 2.29. The average Bonchev–Trinajstić information content (AvgIpc) is 2.67. The zero-order valence-corrected chi connectivity index (χ0v) is 13.8. The van der Waals surface area contributed by atoms with Crippen molar-refractivity contribution in [1.82, 2.24) is 4.90 Å². The van der Waals surface area contributed by atoms with E-state index in [0.717, 1.165) is 12.8 Å². The van der Waals surface area contributed by atoms with Crippen LogP contribution in [0, 0.1) is 5.92 Å². The van der Waals surface area contributed by atoms with Gasteiger partial charge in [0.15, 0.2) is 5.78 Å². The van der Waals surface area contributed by atoms with Crippen molar-refractivity contribution in [2.75, 3.05) is 20.2 Å². The van der Waals surface area contributed by atoms with Crippen LogP contribution < -0.4 is 4.74 Å². The lowest BCUT2D eigenvalue weighted by Crippen LogP contribution is -2.42. The lowest BCUT2D eigenvalue weighted by molar-refractivity contribution is 0.0637. The molecule has 0 aromatic heterocycles. The van der Waals surface area contributed by atoms with E-state index in [4.69, 9.17) is 4.74 Å². The largest absolute Gasteiger partial charge is 0.497 e. The van der Waals surface area contributed by atoms with Crippen LogP contribution in [-0.2, 0) is 0 Å². The van der Waals surface area contributed by atoms with Crippen LogP contribution in [0.15, 0.2) is 54.6 Å². The number of benzene rings is 2. The molecule has 2 aromatic carbocycles. The van der Waals surface area contributed by atoms with Gasteiger partial charge in [-0.1, -0.05) is 30.3 Å². The summed E-state index contributed by atoms with van der Waals surface area (Å²) in [5.74, 6) is 0.602. The van der Waals surface area contributed by atoms with E-state index in [0.29, 0.717) is 30.0 Å². The molecule has 1 aliphatic rings. The number of Topliss-reactive ketones (excluding diaryl/α,β-unsaturated/α-hetero) is 1. The van der Waals surface area contributed by atoms with Crippen LogP contribution in [0.4, 0.5) is 0 Å². The number of nitrogens with zero attached hydrogens (tertiary/aromatic N) is 1. The van der Waals surface area contributed by atoms with Crippen LogP contribution in [0.3, 0.4) is 0 Å². The van der Waals surface area contributed by atoms with Crippen LogP contribution >= 0.6 is 0 Å². The maximum Gasteiger partial charge on any atom is 0.253 e. The molecular weight excluding hydrogens is 302 g/mol. The number of carbonyl (C=O) groups excluding carboxylic acids is 2. The Labute approximate surface area is 142 Å². The fourth-order valence-electron chi connectivity index (χ4n) is 3.15. The van der Waals surface area contributed by atoms with Gasteiger partial charge < -0.3 is 9.64 Å². The highest BCUT2D eigenvalue weighted by atomic mass is 16.5. The van der Waals surface area contributed by atoms with Gasteiger partial charge in [0.05, 0.1) is 7.11 Å². The maximum atomic E-state index is 12.8. The third-order valence-electron chi connectivity index (χ3n) is 4.45. The Hall–Kier alpha value is -2.62. The van der Waals surface area contributed by atoms with Gasteiger partial charge in [-0.3, -0.25) is 9.59 Å². The molecule has 0 radical (unpaired) electrons. The second-order valence-electron chi connectivity index (χ2n) is 6.05. The summed E-state index contributed by atoms with van der Waals surface area (Å²) in [4.78, 5) is 27.2. The van der Waals surface area contributed by atoms with Crippen molar-refractivity contribution in [2.45, 2.75) is 12.8 Å². The molecule has 1 amide bonds. The molecule has 4 nitrogen and oxygen atoms in total. The van der Waals surface area contributed by atoms with Gasteiger partial charge in [0.2, 0.25) is 0 Å². The molecule has 1 saturated heterocycles. The highest BCUT2D eigenvalue weighted by Crippen LogP contribution is 2.24. The monoisotopic (exact) mass is 323 g/mol. The smallest absolute Gasteiger partial charge is 0.253 e. The number of piperidine rings is 1. The number of hydrogen-bond acceptors (Lipinski definition) is 3. The topological polar surface area (TPSA) is 46.6 Å². The summed E-state index contributed by atoms with van der Waals surface area (Å²) in [7, 11) is 1.59. The molecule has 0 spiro atoms. The van der Waals surface area contributed by atoms with Crippen molar-refractivity contribution in [3.63, 3.8) is 0 Å². The first-order valence-electron chi connectivity index (χ1n) is 8.21. The molecule has 1 fully saturated rings. The lowest BCUT2D eigenvalue weighted by atomic mass is 9.89. The Kier molecular flexibility index (Phi) is 4.94. The van der Waals surface area contributed by atoms with Crippen molar-refractivity contribution in [1.29, 1.82) is 0 Å². The SMILES string of the molecule is COc1cccc(C(=O)C2CCCN(C(=O)c3ccccc3)C2)c1. The Morgan fingerprint density at radius 1 is 1.04 bits per heavy atom. The molecule has 2 aromatic rings. The number of amides is 1. The number of likely N-dealkylation sites (tertiary alicyclic amines) is 1. The van der Waals surface area contributed by atoms with E-state index in [1.165, 1.54) is 0 Å². The highest BCUT2D eigenvalue weighted by molar-refractivity contribution is 5.99. The third kappa shape index (κ3) is 3.48. The van der Waals surface area contributed by atoms with Crippen molar-refractivity contribution in [3.05, 3.63) is 65.7 Å². The Morgan fingerprint density at radius 3 is 2.54 bits per heavy atom. The minimum absolute atomic E-state index is 0.00116. The molecule has 0 bridgehead atoms. The fraction of sp³-hybridized carbons (Fsp3) is 0.300. The summed E-state index contributed by atoms with van der Waals surface area (Å²) in [6, 6.07) is 16.5. The number of methoxy groups -OCH3 is 1. The maximum absolute atomic E-state index is 12.8. The van der Waals surface area contributed by atoms with E-state index >= 15 is 0 Å². The normalized spacial score (nSPS) is 17.4. The van der Waals surface area contributed by atoms with Crippen molar-refractivity contribution in [3.8, 4) is 5.75 Å². The van der Waals surface area contributed by atoms with Crippen molar-refractivity contribution in [2.24, 2.45) is 5.92 Å². The van der Waals surface area contributed by atoms with Gasteiger partial charge in [-0.2, -0.15) is 0 Å². The number of ketones is 1. The molecule has 24 heavy (non-hydrogen) atoms. The van der Waals surface area contributed by atoms with Crippen LogP contribution in [0.1, 0.15) is 33.6 Å². The first kappa shape index (κ1) is 16.2. The zero-order valence-electron chi connectivity index (χ0n) is 13.8. The molecule has 0 aliphatic carbocycles. The molecule has 1 aliphatic heterocycles. The fourth-order valence-corrected chi connectivity index (χ4v) is 3.15. The third-order valence-corrected chi connectivity index (χ3v) is 4.45. The van der Waals surface area contributed by atoms with Crippen LogP contribution in [0.5, 0.6) is 5.75 Å². The van der Waals surface area contributed by atoms with Crippen LogP contribution in [0.2, 0.25) is 0 Å².